The smallest absolute Gasteiger partial charge is 0.264 e. The molecule has 0 atom stereocenters. The van der Waals surface area contributed by atoms with Gasteiger partial charge in [0.2, 0.25) is 0 Å². The Balaban J connectivity index is 1.43. The van der Waals surface area contributed by atoms with E-state index in [0.717, 1.165) is 42.8 Å². The Morgan fingerprint density at radius 2 is 1.53 bits per heavy atom. The number of nitrogens with zero attached hydrogens (tertiary/aromatic N) is 3. The minimum absolute atomic E-state index is 0.151. The number of hydrogen-bond donors (Lipinski definition) is 0. The topological polar surface area (TPSA) is 56.6 Å². The summed E-state index contributed by atoms with van der Waals surface area (Å²) in [5, 5.41) is 9.72. The second kappa shape index (κ2) is 11.7. The predicted octanol–water partition coefficient (Wildman–Crippen LogP) is 5.73. The quantitative estimate of drug-likeness (QED) is 0.191. The monoisotopic (exact) mass is 675 g/mol. The summed E-state index contributed by atoms with van der Waals surface area (Å²) in [5.41, 5.74) is 3.22. The number of ether oxygens (including phenoxy) is 1. The first-order valence-electron chi connectivity index (χ1n) is 10.9. The number of para-hydroxylation sites is 1. The maximum Gasteiger partial charge on any atom is 0.264 e. The fourth-order valence-corrected chi connectivity index (χ4v) is 5.94. The van der Waals surface area contributed by atoms with E-state index in [1.54, 1.807) is 11.0 Å². The lowest BCUT2D eigenvalue weighted by Crippen LogP contribution is -2.49. The molecule has 3 aromatic carbocycles. The number of amides is 1. The molecular formula is C27H23I2N3O2. The molecule has 0 saturated carbocycles. The Labute approximate surface area is 227 Å². The molecule has 5 nitrogen and oxygen atoms in total. The molecule has 34 heavy (non-hydrogen) atoms. The molecule has 0 aliphatic carbocycles. The molecule has 0 aromatic heterocycles. The third-order valence-electron chi connectivity index (χ3n) is 5.60. The van der Waals surface area contributed by atoms with E-state index in [-0.39, 0.29) is 11.5 Å². The van der Waals surface area contributed by atoms with Crippen molar-refractivity contribution >= 4 is 62.9 Å². The van der Waals surface area contributed by atoms with Gasteiger partial charge in [0, 0.05) is 31.9 Å². The minimum Gasteiger partial charge on any atom is -0.487 e. The number of halogens is 2. The van der Waals surface area contributed by atoms with Gasteiger partial charge in [-0.2, -0.15) is 5.26 Å². The summed E-state index contributed by atoms with van der Waals surface area (Å²) in [5.74, 6) is 0.591. The molecule has 1 aliphatic rings. The van der Waals surface area contributed by atoms with E-state index >= 15 is 0 Å². The zero-order valence-corrected chi connectivity index (χ0v) is 22.8. The van der Waals surface area contributed by atoms with Crippen LogP contribution >= 0.6 is 45.2 Å². The molecule has 0 spiro atoms. The summed E-state index contributed by atoms with van der Waals surface area (Å²) in [6.45, 7) is 3.16. The molecule has 4 rings (SSSR count). The highest BCUT2D eigenvalue weighted by Crippen LogP contribution is 2.30. The maximum absolute atomic E-state index is 13.1. The van der Waals surface area contributed by atoms with E-state index in [0.29, 0.717) is 19.7 Å². The molecule has 0 radical (unpaired) electrons. The fourth-order valence-electron chi connectivity index (χ4n) is 3.82. The van der Waals surface area contributed by atoms with Gasteiger partial charge in [-0.05, 0) is 86.7 Å². The zero-order chi connectivity index (χ0) is 23.9. The second-order valence-corrected chi connectivity index (χ2v) is 10.2. The van der Waals surface area contributed by atoms with Gasteiger partial charge >= 0.3 is 0 Å². The Morgan fingerprint density at radius 3 is 2.12 bits per heavy atom. The summed E-state index contributed by atoms with van der Waals surface area (Å²) in [6.07, 6.45) is 1.68. The lowest BCUT2D eigenvalue weighted by atomic mass is 10.1. The lowest BCUT2D eigenvalue weighted by Gasteiger charge is -2.36. The van der Waals surface area contributed by atoms with Gasteiger partial charge in [-0.15, -0.1) is 0 Å². The van der Waals surface area contributed by atoms with Crippen LogP contribution in [0.1, 0.15) is 11.1 Å². The zero-order valence-electron chi connectivity index (χ0n) is 18.5. The van der Waals surface area contributed by atoms with E-state index < -0.39 is 0 Å². The Kier molecular flexibility index (Phi) is 8.45. The van der Waals surface area contributed by atoms with Crippen molar-refractivity contribution in [3.63, 3.8) is 0 Å². The van der Waals surface area contributed by atoms with Crippen LogP contribution in [-0.4, -0.2) is 37.0 Å². The van der Waals surface area contributed by atoms with Crippen molar-refractivity contribution in [2.24, 2.45) is 0 Å². The van der Waals surface area contributed by atoms with Crippen LogP contribution in [0.25, 0.3) is 6.08 Å². The van der Waals surface area contributed by atoms with Crippen molar-refractivity contribution in [1.29, 1.82) is 5.26 Å². The SMILES string of the molecule is N#C/C(=C/c1cc(I)c(OCc2ccccc2)c(I)c1)C(=O)N1CCN(c2ccccc2)CC1. The fraction of sp³-hybridized carbons (Fsp3) is 0.185. The van der Waals surface area contributed by atoms with E-state index in [4.69, 9.17) is 4.74 Å². The molecule has 0 unspecified atom stereocenters. The van der Waals surface area contributed by atoms with Crippen molar-refractivity contribution in [3.05, 3.63) is 96.6 Å². The lowest BCUT2D eigenvalue weighted by molar-refractivity contribution is -0.126. The van der Waals surface area contributed by atoms with Crippen LogP contribution in [-0.2, 0) is 11.4 Å². The summed E-state index contributed by atoms with van der Waals surface area (Å²) in [6, 6.07) is 26.2. The van der Waals surface area contributed by atoms with E-state index in [1.807, 2.05) is 60.7 Å². The van der Waals surface area contributed by atoms with Crippen LogP contribution in [0.15, 0.2) is 78.4 Å². The van der Waals surface area contributed by atoms with Gasteiger partial charge in [-0.25, -0.2) is 0 Å². The number of benzene rings is 3. The first-order valence-corrected chi connectivity index (χ1v) is 13.1. The normalized spacial score (nSPS) is 14.0. The number of hydrogen-bond acceptors (Lipinski definition) is 4. The van der Waals surface area contributed by atoms with E-state index in [2.05, 4.69) is 68.3 Å². The Hall–Kier alpha value is -2.58. The third-order valence-corrected chi connectivity index (χ3v) is 7.20. The van der Waals surface area contributed by atoms with Crippen LogP contribution in [0.3, 0.4) is 0 Å². The van der Waals surface area contributed by atoms with Gasteiger partial charge in [0.25, 0.3) is 5.91 Å². The molecule has 1 saturated heterocycles. The number of carbonyl (C=O) groups is 1. The van der Waals surface area contributed by atoms with Crippen LogP contribution < -0.4 is 9.64 Å². The number of piperazine rings is 1. The average molecular weight is 675 g/mol. The van der Waals surface area contributed by atoms with Gasteiger partial charge in [0.15, 0.2) is 0 Å². The molecular weight excluding hydrogens is 652 g/mol. The molecule has 1 heterocycles. The highest BCUT2D eigenvalue weighted by atomic mass is 127. The van der Waals surface area contributed by atoms with Crippen molar-refractivity contribution in [3.8, 4) is 11.8 Å². The van der Waals surface area contributed by atoms with Crippen LogP contribution in [0.5, 0.6) is 5.75 Å². The first kappa shape index (κ1) is 24.5. The molecule has 172 valence electrons. The number of rotatable bonds is 6. The van der Waals surface area contributed by atoms with Crippen molar-refractivity contribution in [2.75, 3.05) is 31.1 Å². The van der Waals surface area contributed by atoms with Gasteiger partial charge in [0.05, 0.1) is 7.14 Å². The van der Waals surface area contributed by atoms with E-state index in [9.17, 15) is 10.1 Å². The van der Waals surface area contributed by atoms with Crippen LogP contribution in [0.4, 0.5) is 5.69 Å². The summed E-state index contributed by atoms with van der Waals surface area (Å²) < 4.78 is 7.92. The van der Waals surface area contributed by atoms with Gasteiger partial charge in [-0.1, -0.05) is 48.5 Å². The number of carbonyl (C=O) groups excluding carboxylic acids is 1. The molecule has 3 aromatic rings. The Bertz CT molecular complexity index is 1190. The van der Waals surface area contributed by atoms with Gasteiger partial charge in [0.1, 0.15) is 24.0 Å². The highest BCUT2D eigenvalue weighted by Gasteiger charge is 2.24. The average Bonchev–Trinajstić information content (AvgIpc) is 2.87. The maximum atomic E-state index is 13.1. The summed E-state index contributed by atoms with van der Waals surface area (Å²) in [7, 11) is 0. The van der Waals surface area contributed by atoms with Crippen molar-refractivity contribution in [2.45, 2.75) is 6.61 Å². The van der Waals surface area contributed by atoms with Gasteiger partial charge < -0.3 is 14.5 Å². The van der Waals surface area contributed by atoms with Crippen LogP contribution in [0.2, 0.25) is 0 Å². The summed E-state index contributed by atoms with van der Waals surface area (Å²) >= 11 is 4.48. The predicted molar refractivity (Wildman–Crippen MR) is 151 cm³/mol. The number of anilines is 1. The molecule has 7 heteroatoms. The molecule has 1 fully saturated rings. The molecule has 0 N–H and O–H groups in total. The minimum atomic E-state index is -0.218. The van der Waals surface area contributed by atoms with Crippen molar-refractivity contribution < 1.29 is 9.53 Å². The largest absolute Gasteiger partial charge is 0.487 e. The second-order valence-electron chi connectivity index (χ2n) is 7.87. The van der Waals surface area contributed by atoms with Crippen LogP contribution in [0, 0.1) is 18.5 Å². The first-order chi connectivity index (χ1) is 16.5. The number of nitriles is 1. The molecule has 1 aliphatic heterocycles. The Morgan fingerprint density at radius 1 is 0.941 bits per heavy atom. The van der Waals surface area contributed by atoms with Crippen molar-refractivity contribution in [1.82, 2.24) is 4.90 Å². The van der Waals surface area contributed by atoms with Gasteiger partial charge in [-0.3, -0.25) is 4.79 Å². The summed E-state index contributed by atoms with van der Waals surface area (Å²) in [4.78, 5) is 17.1. The molecule has 1 amide bonds. The molecule has 0 bridgehead atoms. The highest BCUT2D eigenvalue weighted by molar-refractivity contribution is 14.1. The standard InChI is InChI=1S/C27H23I2N3O2/c28-24-16-21(17-25(29)26(24)34-19-20-7-3-1-4-8-20)15-22(18-30)27(33)32-13-11-31(12-14-32)23-9-5-2-6-10-23/h1-10,15-17H,11-14,19H2/b22-15-. The third kappa shape index (κ3) is 6.10. The van der Waals surface area contributed by atoms with E-state index in [1.165, 1.54) is 0 Å².